The molecule has 2 N–H and O–H groups in total. The van der Waals surface area contributed by atoms with Crippen molar-refractivity contribution in [2.24, 2.45) is 0 Å². The Hall–Kier alpha value is -2.22. The lowest BCUT2D eigenvalue weighted by molar-refractivity contribution is -0.164. The van der Waals surface area contributed by atoms with E-state index >= 15 is 0 Å². The first-order valence-electron chi connectivity index (χ1n) is 11.6. The summed E-state index contributed by atoms with van der Waals surface area (Å²) in [5, 5.41) is 6.35. The molecule has 0 radical (unpaired) electrons. The number of carbonyl (C=O) groups is 2. The Labute approximate surface area is 210 Å². The predicted molar refractivity (Wildman–Crippen MR) is 139 cm³/mol. The molecule has 2 aromatic carbocycles. The van der Waals surface area contributed by atoms with Crippen LogP contribution in [0.1, 0.15) is 62.0 Å². The molecule has 1 fully saturated rings. The molecule has 0 saturated carbocycles. The van der Waals surface area contributed by atoms with Gasteiger partial charge in [0, 0.05) is 10.0 Å². The standard InChI is InChI=1S/C27H35BrN2O4/c1-15-10-12-18(13-11-15)20-16(2)22(28)23(30-25(31)19-9-8-14-29-19)17(3)21(20)24(26(32)33-7)34-27(4,5)6/h10-13,19,24,29H,8-9,14H2,1-7H3,(H,30,31)/t19-,24-/m0/s1. The minimum Gasteiger partial charge on any atom is -0.467 e. The summed E-state index contributed by atoms with van der Waals surface area (Å²) in [5.74, 6) is -0.566. The van der Waals surface area contributed by atoms with Crippen molar-refractivity contribution >= 4 is 33.5 Å². The van der Waals surface area contributed by atoms with Gasteiger partial charge in [0.2, 0.25) is 5.91 Å². The molecule has 1 aliphatic rings. The van der Waals surface area contributed by atoms with E-state index in [0.29, 0.717) is 11.3 Å². The number of methoxy groups -OCH3 is 1. The Kier molecular flexibility index (Phi) is 8.22. The summed E-state index contributed by atoms with van der Waals surface area (Å²) >= 11 is 3.74. The van der Waals surface area contributed by atoms with Gasteiger partial charge in [0.15, 0.2) is 6.10 Å². The second kappa shape index (κ2) is 10.6. The number of amides is 1. The molecule has 2 aromatic rings. The van der Waals surface area contributed by atoms with E-state index in [2.05, 4.69) is 26.6 Å². The summed E-state index contributed by atoms with van der Waals surface area (Å²) in [6, 6.07) is 7.94. The van der Waals surface area contributed by atoms with Gasteiger partial charge >= 0.3 is 5.97 Å². The molecule has 0 spiro atoms. The van der Waals surface area contributed by atoms with Crippen LogP contribution in [0.2, 0.25) is 0 Å². The summed E-state index contributed by atoms with van der Waals surface area (Å²) in [6.45, 7) is 12.5. The zero-order valence-electron chi connectivity index (χ0n) is 21.1. The Morgan fingerprint density at radius 2 is 1.76 bits per heavy atom. The van der Waals surface area contributed by atoms with Crippen LogP contribution in [0.3, 0.4) is 0 Å². The van der Waals surface area contributed by atoms with E-state index in [0.717, 1.165) is 51.7 Å². The van der Waals surface area contributed by atoms with Gasteiger partial charge in [0.05, 0.1) is 24.4 Å². The molecule has 1 aliphatic heterocycles. The summed E-state index contributed by atoms with van der Waals surface area (Å²) < 4.78 is 12.2. The third-order valence-corrected chi connectivity index (χ3v) is 7.08. The first-order valence-corrected chi connectivity index (χ1v) is 12.4. The van der Waals surface area contributed by atoms with Crippen LogP contribution in [0.15, 0.2) is 28.7 Å². The molecule has 0 unspecified atom stereocenters. The van der Waals surface area contributed by atoms with Crippen LogP contribution in [0.25, 0.3) is 11.1 Å². The van der Waals surface area contributed by atoms with Gasteiger partial charge in [0.25, 0.3) is 0 Å². The van der Waals surface area contributed by atoms with Gasteiger partial charge in [0.1, 0.15) is 0 Å². The number of hydrogen-bond donors (Lipinski definition) is 2. The molecule has 2 atom stereocenters. The van der Waals surface area contributed by atoms with Crippen LogP contribution >= 0.6 is 15.9 Å². The van der Waals surface area contributed by atoms with E-state index < -0.39 is 17.7 Å². The molecule has 0 bridgehead atoms. The molecule has 6 nitrogen and oxygen atoms in total. The number of ether oxygens (including phenoxy) is 2. The van der Waals surface area contributed by atoms with Crippen molar-refractivity contribution in [3.8, 4) is 11.1 Å². The quantitative estimate of drug-likeness (QED) is 0.464. The van der Waals surface area contributed by atoms with Crippen LogP contribution in [-0.4, -0.2) is 37.2 Å². The van der Waals surface area contributed by atoms with E-state index in [9.17, 15) is 9.59 Å². The van der Waals surface area contributed by atoms with Crippen LogP contribution in [0.5, 0.6) is 0 Å². The third-order valence-electron chi connectivity index (χ3n) is 6.09. The zero-order valence-corrected chi connectivity index (χ0v) is 22.7. The van der Waals surface area contributed by atoms with Crippen molar-refractivity contribution in [1.82, 2.24) is 5.32 Å². The van der Waals surface area contributed by atoms with E-state index in [1.54, 1.807) is 0 Å². The van der Waals surface area contributed by atoms with Crippen LogP contribution in [0, 0.1) is 20.8 Å². The number of rotatable bonds is 6. The fourth-order valence-corrected chi connectivity index (χ4v) is 4.95. The molecule has 7 heteroatoms. The molecule has 3 rings (SSSR count). The highest BCUT2D eigenvalue weighted by Gasteiger charge is 2.35. The molecule has 0 aliphatic carbocycles. The molecule has 184 valence electrons. The van der Waals surface area contributed by atoms with E-state index in [1.165, 1.54) is 7.11 Å². The van der Waals surface area contributed by atoms with Gasteiger partial charge < -0.3 is 20.1 Å². The largest absolute Gasteiger partial charge is 0.467 e. The highest BCUT2D eigenvalue weighted by molar-refractivity contribution is 9.10. The topological polar surface area (TPSA) is 76.7 Å². The average Bonchev–Trinajstić information content (AvgIpc) is 3.32. The Balaban J connectivity index is 2.27. The van der Waals surface area contributed by atoms with Gasteiger partial charge in [-0.3, -0.25) is 4.79 Å². The fourth-order valence-electron chi connectivity index (χ4n) is 4.36. The second-order valence-corrected chi connectivity index (χ2v) is 10.7. The first kappa shape index (κ1) is 26.4. The van der Waals surface area contributed by atoms with Crippen LogP contribution in [-0.2, 0) is 19.1 Å². The van der Waals surface area contributed by atoms with Gasteiger partial charge in [-0.15, -0.1) is 0 Å². The van der Waals surface area contributed by atoms with Crippen molar-refractivity contribution in [2.45, 2.75) is 72.1 Å². The molecule has 34 heavy (non-hydrogen) atoms. The number of aryl methyl sites for hydroxylation is 1. The lowest BCUT2D eigenvalue weighted by Gasteiger charge is -2.31. The van der Waals surface area contributed by atoms with Crippen molar-refractivity contribution in [3.05, 3.63) is 51.0 Å². The first-order chi connectivity index (χ1) is 15.9. The average molecular weight is 531 g/mol. The SMILES string of the molecule is COC(=O)[C@@H](OC(C)(C)C)c1c(C)c(NC(=O)[C@@H]2CCCN2)c(Br)c(C)c1-c1ccc(C)cc1. The van der Waals surface area contributed by atoms with Gasteiger partial charge in [-0.2, -0.15) is 0 Å². The number of benzene rings is 2. The number of nitrogens with one attached hydrogen (secondary N) is 2. The maximum Gasteiger partial charge on any atom is 0.339 e. The lowest BCUT2D eigenvalue weighted by atomic mass is 9.87. The lowest BCUT2D eigenvalue weighted by Crippen LogP contribution is -2.36. The number of esters is 1. The van der Waals surface area contributed by atoms with Crippen LogP contribution < -0.4 is 10.6 Å². The number of anilines is 1. The van der Waals surface area contributed by atoms with Crippen molar-refractivity contribution < 1.29 is 19.1 Å². The van der Waals surface area contributed by atoms with Crippen molar-refractivity contribution in [3.63, 3.8) is 0 Å². The highest BCUT2D eigenvalue weighted by Crippen LogP contribution is 2.45. The molecular weight excluding hydrogens is 496 g/mol. The van der Waals surface area contributed by atoms with Crippen molar-refractivity contribution in [2.75, 3.05) is 19.0 Å². The fraction of sp³-hybridized carbons (Fsp3) is 0.481. The van der Waals surface area contributed by atoms with Gasteiger partial charge in [-0.1, -0.05) is 29.8 Å². The molecule has 0 aromatic heterocycles. The predicted octanol–water partition coefficient (Wildman–Crippen LogP) is 5.76. The minimum absolute atomic E-state index is 0.0823. The number of carbonyl (C=O) groups excluding carboxylic acids is 2. The van der Waals surface area contributed by atoms with E-state index in [1.807, 2.05) is 65.8 Å². The summed E-state index contributed by atoms with van der Waals surface area (Å²) in [4.78, 5) is 26.1. The molecule has 1 amide bonds. The maximum absolute atomic E-state index is 13.1. The smallest absolute Gasteiger partial charge is 0.339 e. The van der Waals surface area contributed by atoms with Gasteiger partial charge in [-0.25, -0.2) is 4.79 Å². The van der Waals surface area contributed by atoms with E-state index in [-0.39, 0.29) is 11.9 Å². The van der Waals surface area contributed by atoms with Crippen LogP contribution in [0.4, 0.5) is 5.69 Å². The molecular formula is C27H35BrN2O4. The molecule has 1 heterocycles. The van der Waals surface area contributed by atoms with E-state index in [4.69, 9.17) is 9.47 Å². The normalized spacial score (nSPS) is 16.9. The third kappa shape index (κ3) is 5.70. The van der Waals surface area contributed by atoms with Gasteiger partial charge in [-0.05, 0) is 99.1 Å². The maximum atomic E-state index is 13.1. The van der Waals surface area contributed by atoms with Crippen molar-refractivity contribution in [1.29, 1.82) is 0 Å². The summed E-state index contributed by atoms with van der Waals surface area (Å²) in [5.41, 5.74) is 5.40. The summed E-state index contributed by atoms with van der Waals surface area (Å²) in [7, 11) is 1.36. The second-order valence-electron chi connectivity index (χ2n) is 9.87. The number of hydrogen-bond acceptors (Lipinski definition) is 5. The summed E-state index contributed by atoms with van der Waals surface area (Å²) in [6.07, 6.45) is 0.806. The Morgan fingerprint density at radius 3 is 2.29 bits per heavy atom. The molecule has 1 saturated heterocycles. The monoisotopic (exact) mass is 530 g/mol. The Morgan fingerprint density at radius 1 is 1.12 bits per heavy atom. The minimum atomic E-state index is -0.964. The zero-order chi connectivity index (χ0) is 25.2. The highest BCUT2D eigenvalue weighted by atomic mass is 79.9. The number of halogens is 1. The Bertz CT molecular complexity index is 1070.